The van der Waals surface area contributed by atoms with Crippen molar-refractivity contribution in [3.05, 3.63) is 166 Å². The van der Waals surface area contributed by atoms with Crippen LogP contribution in [0.25, 0.3) is 0 Å². The molecule has 0 amide bonds. The maximum Gasteiger partial charge on any atom is 0.306 e. The molecule has 0 saturated carbocycles. The molecule has 8 rings (SSSR count). The van der Waals surface area contributed by atoms with Gasteiger partial charge in [-0.25, -0.2) is 9.97 Å². The first kappa shape index (κ1) is 50.7. The number of halogens is 1. The Morgan fingerprint density at radius 2 is 1.09 bits per heavy atom. The lowest BCUT2D eigenvalue weighted by Crippen LogP contribution is -2.33. The van der Waals surface area contributed by atoms with Crippen molar-refractivity contribution in [2.75, 3.05) is 6.61 Å². The van der Waals surface area contributed by atoms with E-state index in [0.29, 0.717) is 35.6 Å². The molecule has 2 aliphatic carbocycles. The molecule has 0 radical (unpaired) electrons. The standard InChI is InChI=1S/C27H31NO4.C15H21Br.C14H15NO4/c1-26(2)11-12-27(3,4)23-13-18(5-10-22(23)26)16-31-20-8-6-19(7-9-20)21(14-25(29)30)24-15-28-17-32-24;1-14(2)7-8-15(3,4)13-9-11(10-16)5-6-12(13)14;1-2-18-14(17)7-12(13-8-15-9-19-13)10-3-5-11(16)6-4-10/h5-10,13,15,17,21H,11-12,14,16H2,1-4H3,(H,29,30);5-6,9H,7-8,10H2,1-4H3;3-6,8-9,12,16H,2,7H2,1H3/t21-;;12-/m0.0/s1. The number of fused-ring (bicyclic) bond motifs is 2. The monoisotopic (exact) mass is 974 g/mol. The van der Waals surface area contributed by atoms with Crippen LogP contribution in [0.5, 0.6) is 11.5 Å². The van der Waals surface area contributed by atoms with Gasteiger partial charge in [-0.3, -0.25) is 9.59 Å². The van der Waals surface area contributed by atoms with E-state index in [-0.39, 0.29) is 47.2 Å². The van der Waals surface area contributed by atoms with E-state index in [1.165, 1.54) is 55.2 Å². The highest BCUT2D eigenvalue weighted by atomic mass is 79.9. The van der Waals surface area contributed by atoms with Crippen molar-refractivity contribution in [2.24, 2.45) is 0 Å². The lowest BCUT2D eigenvalue weighted by atomic mass is 9.63. The van der Waals surface area contributed by atoms with Crippen molar-refractivity contribution in [1.29, 1.82) is 0 Å². The summed E-state index contributed by atoms with van der Waals surface area (Å²) in [7, 11) is 0. The fraction of sp³-hybridized carbons (Fsp3) is 0.429. The van der Waals surface area contributed by atoms with Gasteiger partial charge in [0, 0.05) is 5.33 Å². The maximum absolute atomic E-state index is 11.7. The Morgan fingerprint density at radius 3 is 1.54 bits per heavy atom. The summed E-state index contributed by atoms with van der Waals surface area (Å²) in [5.74, 6) is 0.243. The zero-order valence-electron chi connectivity index (χ0n) is 40.5. The van der Waals surface area contributed by atoms with E-state index in [4.69, 9.17) is 18.3 Å². The number of hydrogen-bond donors (Lipinski definition) is 2. The predicted molar refractivity (Wildman–Crippen MR) is 265 cm³/mol. The molecule has 2 N–H and O–H groups in total. The van der Waals surface area contributed by atoms with Gasteiger partial charge < -0.3 is 28.5 Å². The van der Waals surface area contributed by atoms with Crippen molar-refractivity contribution in [1.82, 2.24) is 9.97 Å². The van der Waals surface area contributed by atoms with E-state index in [1.54, 1.807) is 54.7 Å². The second kappa shape index (κ2) is 21.5. The molecule has 67 heavy (non-hydrogen) atoms. The van der Waals surface area contributed by atoms with Crippen LogP contribution in [-0.4, -0.2) is 38.7 Å². The molecule has 0 bridgehead atoms. The summed E-state index contributed by atoms with van der Waals surface area (Å²) in [5, 5.41) is 19.5. The first-order chi connectivity index (χ1) is 31.7. The highest BCUT2D eigenvalue weighted by Crippen LogP contribution is 2.47. The third kappa shape index (κ3) is 12.9. The van der Waals surface area contributed by atoms with Crippen LogP contribution in [0.1, 0.15) is 169 Å². The molecular weight excluding hydrogens is 909 g/mol. The molecule has 0 unspecified atom stereocenters. The van der Waals surface area contributed by atoms with Crippen LogP contribution in [0.15, 0.2) is 119 Å². The van der Waals surface area contributed by atoms with Crippen LogP contribution >= 0.6 is 15.9 Å². The van der Waals surface area contributed by atoms with E-state index in [2.05, 4.69) is 118 Å². The molecule has 0 spiro atoms. The smallest absolute Gasteiger partial charge is 0.306 e. The maximum atomic E-state index is 11.7. The minimum atomic E-state index is -0.884. The number of aromatic nitrogens is 2. The first-order valence-electron chi connectivity index (χ1n) is 23.2. The molecular formula is C56H67BrN2O8. The summed E-state index contributed by atoms with van der Waals surface area (Å²) in [4.78, 5) is 30.8. The van der Waals surface area contributed by atoms with Crippen molar-refractivity contribution >= 4 is 27.9 Å². The molecule has 2 atom stereocenters. The zero-order valence-corrected chi connectivity index (χ0v) is 42.1. The van der Waals surface area contributed by atoms with Gasteiger partial charge in [0.1, 0.15) is 29.6 Å². The summed E-state index contributed by atoms with van der Waals surface area (Å²) in [6.45, 7) is 21.4. The number of carbonyl (C=O) groups is 2. The van der Waals surface area contributed by atoms with Gasteiger partial charge in [0.25, 0.3) is 0 Å². The Morgan fingerprint density at radius 1 is 0.642 bits per heavy atom. The summed E-state index contributed by atoms with van der Waals surface area (Å²) >= 11 is 3.55. The number of ether oxygens (including phenoxy) is 2. The Labute approximate surface area is 404 Å². The average Bonchev–Trinajstić information content (AvgIpc) is 4.05. The van der Waals surface area contributed by atoms with Crippen LogP contribution in [-0.2, 0) is 47.9 Å². The molecule has 356 valence electrons. The number of carboxylic acids is 1. The Bertz CT molecular complexity index is 2540. The van der Waals surface area contributed by atoms with Gasteiger partial charge in [0.05, 0.1) is 43.7 Å². The Balaban J connectivity index is 0.000000180. The summed E-state index contributed by atoms with van der Waals surface area (Å²) in [6.07, 6.45) is 10.9. The molecule has 10 nitrogen and oxygen atoms in total. The number of carboxylic acid groups (broad SMARTS) is 1. The summed E-state index contributed by atoms with van der Waals surface area (Å²) in [6, 6.07) is 27.9. The van der Waals surface area contributed by atoms with Crippen LogP contribution in [0, 0.1) is 0 Å². The van der Waals surface area contributed by atoms with Crippen molar-refractivity contribution in [3.63, 3.8) is 0 Å². The van der Waals surface area contributed by atoms with Gasteiger partial charge in [0.2, 0.25) is 0 Å². The molecule has 2 heterocycles. The number of carbonyl (C=O) groups excluding carboxylic acids is 1. The lowest BCUT2D eigenvalue weighted by Gasteiger charge is -2.42. The Kier molecular flexibility index (Phi) is 16.3. The van der Waals surface area contributed by atoms with Crippen LogP contribution in [0.4, 0.5) is 0 Å². The number of alkyl halides is 1. The van der Waals surface area contributed by atoms with Crippen molar-refractivity contribution < 1.29 is 38.1 Å². The van der Waals surface area contributed by atoms with Crippen LogP contribution in [0.3, 0.4) is 0 Å². The highest BCUT2D eigenvalue weighted by molar-refractivity contribution is 9.08. The zero-order chi connectivity index (χ0) is 48.6. The highest BCUT2D eigenvalue weighted by Gasteiger charge is 2.38. The molecule has 6 aromatic rings. The second-order valence-corrected chi connectivity index (χ2v) is 21.0. The number of aromatic hydroxyl groups is 1. The summed E-state index contributed by atoms with van der Waals surface area (Å²) < 4.78 is 21.7. The normalized spacial score (nSPS) is 16.9. The van der Waals surface area contributed by atoms with Gasteiger partial charge >= 0.3 is 11.9 Å². The fourth-order valence-electron chi connectivity index (χ4n) is 9.24. The number of oxazole rings is 2. The van der Waals surface area contributed by atoms with Gasteiger partial charge in [-0.1, -0.05) is 132 Å². The SMILES string of the molecule is CC1(C)CCC(C)(C)c2cc(CBr)ccc21.CC1(C)CCC(C)(C)c2cc(COc3ccc([C@H](CC(=O)O)c4cnco4)cc3)ccc21.CCOC(=O)C[C@@H](c1ccc(O)cc1)c1cnco1. The van der Waals surface area contributed by atoms with E-state index < -0.39 is 5.97 Å². The average molecular weight is 976 g/mol. The number of phenolic OH excluding ortho intramolecular Hbond substituents is 1. The topological polar surface area (TPSA) is 145 Å². The van der Waals surface area contributed by atoms with Gasteiger partial charge in [-0.2, -0.15) is 0 Å². The molecule has 0 saturated heterocycles. The van der Waals surface area contributed by atoms with Gasteiger partial charge in [-0.05, 0) is 123 Å². The number of hydrogen-bond acceptors (Lipinski definition) is 9. The molecule has 2 aliphatic rings. The third-order valence-electron chi connectivity index (χ3n) is 13.6. The lowest BCUT2D eigenvalue weighted by molar-refractivity contribution is -0.143. The number of esters is 1. The van der Waals surface area contributed by atoms with Crippen molar-refractivity contribution in [3.8, 4) is 11.5 Å². The number of aliphatic carboxylic acids is 1. The van der Waals surface area contributed by atoms with Gasteiger partial charge in [-0.15, -0.1) is 0 Å². The molecule has 11 heteroatoms. The fourth-order valence-corrected chi connectivity index (χ4v) is 9.59. The quantitative estimate of drug-likeness (QED) is 0.0847. The number of benzene rings is 4. The van der Waals surface area contributed by atoms with Crippen molar-refractivity contribution in [2.45, 2.75) is 146 Å². The van der Waals surface area contributed by atoms with E-state index >= 15 is 0 Å². The largest absolute Gasteiger partial charge is 0.508 e. The first-order valence-corrected chi connectivity index (χ1v) is 24.3. The van der Waals surface area contributed by atoms with E-state index in [9.17, 15) is 19.8 Å². The molecule has 0 aliphatic heterocycles. The van der Waals surface area contributed by atoms with Crippen LogP contribution < -0.4 is 4.74 Å². The summed E-state index contributed by atoms with van der Waals surface area (Å²) in [5.41, 5.74) is 11.3. The third-order valence-corrected chi connectivity index (χ3v) is 14.3. The predicted octanol–water partition coefficient (Wildman–Crippen LogP) is 13.6. The second-order valence-electron chi connectivity index (χ2n) is 20.4. The molecule has 2 aromatic heterocycles. The molecule has 4 aromatic carbocycles. The number of rotatable bonds is 13. The van der Waals surface area contributed by atoms with Gasteiger partial charge in [0.15, 0.2) is 12.8 Å². The molecule has 0 fully saturated rings. The number of nitrogens with zero attached hydrogens (tertiary/aromatic N) is 2. The minimum absolute atomic E-state index is 0.0589. The van der Waals surface area contributed by atoms with E-state index in [0.717, 1.165) is 27.8 Å². The minimum Gasteiger partial charge on any atom is -0.508 e. The van der Waals surface area contributed by atoms with Crippen LogP contribution in [0.2, 0.25) is 0 Å². The number of phenols is 1. The Hall–Kier alpha value is -5.68. The van der Waals surface area contributed by atoms with E-state index in [1.807, 2.05) is 24.3 Å².